The molecule has 0 heterocycles. The Kier molecular flexibility index (Phi) is 12.7. The normalized spacial score (nSPS) is 14.0. The first-order chi connectivity index (χ1) is 10.1. The van der Waals surface area contributed by atoms with Crippen LogP contribution >= 0.6 is 0 Å². The first kappa shape index (κ1) is 20.4. The van der Waals surface area contributed by atoms with Gasteiger partial charge in [0.1, 0.15) is 0 Å². The van der Waals surface area contributed by atoms with E-state index >= 15 is 0 Å². The number of aliphatic hydroxyl groups excluding tert-OH is 1. The zero-order valence-electron chi connectivity index (χ0n) is 13.6. The van der Waals surface area contributed by atoms with E-state index < -0.39 is 18.2 Å². The molecule has 0 aromatic rings. The third-order valence-electron chi connectivity index (χ3n) is 4.10. The first-order valence-corrected chi connectivity index (χ1v) is 8.63. The summed E-state index contributed by atoms with van der Waals surface area (Å²) >= 11 is 0. The Bertz CT molecular complexity index is 255. The predicted molar refractivity (Wildman–Crippen MR) is 85.4 cm³/mol. The van der Waals surface area contributed by atoms with Crippen molar-refractivity contribution in [2.24, 2.45) is 0 Å². The van der Waals surface area contributed by atoms with Gasteiger partial charge in [0, 0.05) is 0 Å². The largest absolute Gasteiger partial charge is 0.479 e. The third-order valence-corrected chi connectivity index (χ3v) is 4.10. The molecule has 0 aliphatic rings. The van der Waals surface area contributed by atoms with Crippen molar-refractivity contribution in [1.82, 2.24) is 0 Å². The SMILES string of the molecule is CCCCCCCCCCCCCC[C@](O)(CO)C(=O)O. The second-order valence-corrected chi connectivity index (χ2v) is 6.13. The Morgan fingerprint density at radius 1 is 0.810 bits per heavy atom. The van der Waals surface area contributed by atoms with Gasteiger partial charge in [-0.25, -0.2) is 4.79 Å². The van der Waals surface area contributed by atoms with Crippen LogP contribution in [0, 0.1) is 0 Å². The molecule has 0 fully saturated rings. The molecule has 21 heavy (non-hydrogen) atoms. The van der Waals surface area contributed by atoms with Crippen LogP contribution in [0.1, 0.15) is 90.4 Å². The molecule has 0 radical (unpaired) electrons. The summed E-state index contributed by atoms with van der Waals surface area (Å²) in [7, 11) is 0. The van der Waals surface area contributed by atoms with Crippen LogP contribution in [0.5, 0.6) is 0 Å². The molecule has 4 nitrogen and oxygen atoms in total. The molecule has 0 aliphatic carbocycles. The Hall–Kier alpha value is -0.610. The van der Waals surface area contributed by atoms with Gasteiger partial charge >= 0.3 is 5.97 Å². The van der Waals surface area contributed by atoms with E-state index in [4.69, 9.17) is 10.2 Å². The number of aliphatic hydroxyl groups is 2. The van der Waals surface area contributed by atoms with Gasteiger partial charge in [0.25, 0.3) is 0 Å². The molecule has 0 saturated heterocycles. The molecule has 0 spiro atoms. The van der Waals surface area contributed by atoms with Crippen LogP contribution < -0.4 is 0 Å². The van der Waals surface area contributed by atoms with Crippen LogP contribution in [0.15, 0.2) is 0 Å². The fraction of sp³-hybridized carbons (Fsp3) is 0.941. The van der Waals surface area contributed by atoms with Crippen molar-refractivity contribution in [2.45, 2.75) is 96.0 Å². The summed E-state index contributed by atoms with van der Waals surface area (Å²) in [5, 5.41) is 27.3. The third kappa shape index (κ3) is 10.7. The number of carboxylic acid groups (broad SMARTS) is 1. The van der Waals surface area contributed by atoms with Gasteiger partial charge in [-0.3, -0.25) is 0 Å². The van der Waals surface area contributed by atoms with Gasteiger partial charge in [0.05, 0.1) is 6.61 Å². The van der Waals surface area contributed by atoms with E-state index in [1.54, 1.807) is 0 Å². The van der Waals surface area contributed by atoms with Crippen molar-refractivity contribution >= 4 is 5.97 Å². The topological polar surface area (TPSA) is 77.8 Å². The van der Waals surface area contributed by atoms with Gasteiger partial charge in [-0.2, -0.15) is 0 Å². The van der Waals surface area contributed by atoms with Crippen LogP contribution in [0.4, 0.5) is 0 Å². The lowest BCUT2D eigenvalue weighted by molar-refractivity contribution is -0.163. The molecular formula is C17H34O4. The van der Waals surface area contributed by atoms with Gasteiger partial charge in [0.2, 0.25) is 0 Å². The standard InChI is InChI=1S/C17H34O4/c1-2-3-4-5-6-7-8-9-10-11-12-13-14-17(21,15-18)16(19)20/h18,21H,2-15H2,1H3,(H,19,20)/t17-/m0/s1. The van der Waals surface area contributed by atoms with Crippen molar-refractivity contribution in [1.29, 1.82) is 0 Å². The quantitative estimate of drug-likeness (QED) is 0.401. The molecule has 0 bridgehead atoms. The molecule has 0 aliphatic heterocycles. The summed E-state index contributed by atoms with van der Waals surface area (Å²) in [4.78, 5) is 10.8. The molecular weight excluding hydrogens is 268 g/mol. The summed E-state index contributed by atoms with van der Waals surface area (Å²) in [6, 6.07) is 0. The lowest BCUT2D eigenvalue weighted by Crippen LogP contribution is -2.42. The molecule has 0 unspecified atom stereocenters. The van der Waals surface area contributed by atoms with Gasteiger partial charge in [-0.05, 0) is 12.8 Å². The van der Waals surface area contributed by atoms with E-state index in [9.17, 15) is 9.90 Å². The fourth-order valence-electron chi connectivity index (χ4n) is 2.51. The van der Waals surface area contributed by atoms with Crippen LogP contribution in [-0.2, 0) is 4.79 Å². The Balaban J connectivity index is 3.31. The molecule has 0 amide bonds. The van der Waals surface area contributed by atoms with Crippen LogP contribution in [0.2, 0.25) is 0 Å². The number of rotatable bonds is 15. The molecule has 0 aromatic heterocycles. The molecule has 0 aromatic carbocycles. The van der Waals surface area contributed by atoms with Crippen molar-refractivity contribution in [3.05, 3.63) is 0 Å². The van der Waals surface area contributed by atoms with Crippen molar-refractivity contribution < 1.29 is 20.1 Å². The molecule has 0 rings (SSSR count). The summed E-state index contributed by atoms with van der Waals surface area (Å²) < 4.78 is 0. The smallest absolute Gasteiger partial charge is 0.338 e. The van der Waals surface area contributed by atoms with Gasteiger partial charge in [0.15, 0.2) is 5.60 Å². The zero-order chi connectivity index (χ0) is 16.0. The zero-order valence-corrected chi connectivity index (χ0v) is 13.6. The van der Waals surface area contributed by atoms with E-state index in [2.05, 4.69) is 6.92 Å². The van der Waals surface area contributed by atoms with Crippen LogP contribution in [0.25, 0.3) is 0 Å². The van der Waals surface area contributed by atoms with E-state index in [1.165, 1.54) is 57.8 Å². The minimum Gasteiger partial charge on any atom is -0.479 e. The Labute approximate surface area is 129 Å². The maximum atomic E-state index is 10.8. The summed E-state index contributed by atoms with van der Waals surface area (Å²) in [5.41, 5.74) is -1.95. The second-order valence-electron chi connectivity index (χ2n) is 6.13. The maximum Gasteiger partial charge on any atom is 0.338 e. The first-order valence-electron chi connectivity index (χ1n) is 8.63. The lowest BCUT2D eigenvalue weighted by atomic mass is 9.96. The summed E-state index contributed by atoms with van der Waals surface area (Å²) in [6.07, 6.45) is 14.6. The summed E-state index contributed by atoms with van der Waals surface area (Å²) in [5.74, 6) is -1.33. The van der Waals surface area contributed by atoms with Crippen LogP contribution in [0.3, 0.4) is 0 Å². The second kappa shape index (κ2) is 13.1. The average molecular weight is 302 g/mol. The van der Waals surface area contributed by atoms with Crippen molar-refractivity contribution in [3.63, 3.8) is 0 Å². The molecule has 126 valence electrons. The molecule has 3 N–H and O–H groups in total. The van der Waals surface area contributed by atoms with E-state index in [0.29, 0.717) is 6.42 Å². The highest BCUT2D eigenvalue weighted by Crippen LogP contribution is 2.17. The van der Waals surface area contributed by atoms with Gasteiger partial charge in [-0.1, -0.05) is 77.6 Å². The summed E-state index contributed by atoms with van der Waals surface area (Å²) in [6.45, 7) is 1.53. The highest BCUT2D eigenvalue weighted by molar-refractivity contribution is 5.77. The number of unbranched alkanes of at least 4 members (excludes halogenated alkanes) is 11. The highest BCUT2D eigenvalue weighted by atomic mass is 16.4. The number of carbonyl (C=O) groups is 1. The Morgan fingerprint density at radius 2 is 1.19 bits per heavy atom. The number of aliphatic carboxylic acids is 1. The van der Waals surface area contributed by atoms with E-state index in [1.807, 2.05) is 0 Å². The maximum absolute atomic E-state index is 10.8. The number of hydrogen-bond donors (Lipinski definition) is 3. The van der Waals surface area contributed by atoms with Gasteiger partial charge in [-0.15, -0.1) is 0 Å². The highest BCUT2D eigenvalue weighted by Gasteiger charge is 2.34. The van der Waals surface area contributed by atoms with Gasteiger partial charge < -0.3 is 15.3 Å². The molecule has 0 saturated carbocycles. The van der Waals surface area contributed by atoms with Crippen molar-refractivity contribution in [3.8, 4) is 0 Å². The average Bonchev–Trinajstić information content (AvgIpc) is 2.47. The lowest BCUT2D eigenvalue weighted by Gasteiger charge is -2.20. The Morgan fingerprint density at radius 3 is 1.52 bits per heavy atom. The minimum absolute atomic E-state index is 0.135. The van der Waals surface area contributed by atoms with E-state index in [0.717, 1.165) is 12.8 Å². The predicted octanol–water partition coefficient (Wildman–Crippen LogP) is 3.89. The molecule has 4 heteroatoms. The number of hydrogen-bond acceptors (Lipinski definition) is 3. The number of carboxylic acids is 1. The van der Waals surface area contributed by atoms with E-state index in [-0.39, 0.29) is 6.42 Å². The minimum atomic E-state index is -1.95. The van der Waals surface area contributed by atoms with Crippen molar-refractivity contribution in [2.75, 3.05) is 6.61 Å². The van der Waals surface area contributed by atoms with Crippen LogP contribution in [-0.4, -0.2) is 33.5 Å². The molecule has 1 atom stereocenters. The fourth-order valence-corrected chi connectivity index (χ4v) is 2.51. The monoisotopic (exact) mass is 302 g/mol.